The third-order valence-electron chi connectivity index (χ3n) is 4.43. The van der Waals surface area contributed by atoms with Crippen LogP contribution >= 0.6 is 34.0 Å². The number of nitrogens with zero attached hydrogens (tertiary/aromatic N) is 1. The average Bonchev–Trinajstić information content (AvgIpc) is 3.34. The van der Waals surface area contributed by atoms with Crippen LogP contribution in [0.1, 0.15) is 23.7 Å². The summed E-state index contributed by atoms with van der Waals surface area (Å²) in [5.74, 6) is 0.756. The van der Waals surface area contributed by atoms with Crippen molar-refractivity contribution in [3.63, 3.8) is 0 Å². The molecule has 0 saturated heterocycles. The molecule has 7 heteroatoms. The zero-order valence-corrected chi connectivity index (χ0v) is 16.4. The van der Waals surface area contributed by atoms with E-state index in [0.717, 1.165) is 27.6 Å². The highest BCUT2D eigenvalue weighted by molar-refractivity contribution is 7.18. The maximum atomic E-state index is 12.7. The van der Waals surface area contributed by atoms with Crippen LogP contribution in [0.3, 0.4) is 0 Å². The van der Waals surface area contributed by atoms with E-state index < -0.39 is 0 Å². The van der Waals surface area contributed by atoms with E-state index in [0.29, 0.717) is 5.39 Å². The van der Waals surface area contributed by atoms with Gasteiger partial charge in [-0.1, -0.05) is 12.1 Å². The van der Waals surface area contributed by atoms with Crippen LogP contribution in [0.25, 0.3) is 20.7 Å². The van der Waals surface area contributed by atoms with E-state index in [9.17, 15) is 4.79 Å². The summed E-state index contributed by atoms with van der Waals surface area (Å²) in [5.41, 5.74) is 0.947. The second-order valence-electron chi connectivity index (χ2n) is 6.08. The van der Waals surface area contributed by atoms with E-state index in [1.807, 2.05) is 22.9 Å². The first-order chi connectivity index (χ1) is 12.1. The molecule has 0 aliphatic heterocycles. The van der Waals surface area contributed by atoms with Crippen molar-refractivity contribution >= 4 is 44.2 Å². The standard InChI is InChI=1S/C18H17N3OS3/c1-11(21(2)9-12-5-3-7-23-12)16-19-17(22)15-13(10-25-18(15)20-16)14-6-4-8-24-14/h3-8,10-11H,9H2,1-2H3,(H,19,20,22)/p+1/t11-/m1/s1. The molecule has 0 amide bonds. The summed E-state index contributed by atoms with van der Waals surface area (Å²) in [6.07, 6.45) is 0. The van der Waals surface area contributed by atoms with Gasteiger partial charge in [-0.3, -0.25) is 4.79 Å². The van der Waals surface area contributed by atoms with Gasteiger partial charge in [-0.15, -0.1) is 34.0 Å². The molecule has 4 aromatic heterocycles. The Bertz CT molecular complexity index is 1030. The Morgan fingerprint density at radius 3 is 2.72 bits per heavy atom. The molecule has 4 heterocycles. The Balaban J connectivity index is 1.68. The lowest BCUT2D eigenvalue weighted by Crippen LogP contribution is -3.07. The normalized spacial score (nSPS) is 14.0. The van der Waals surface area contributed by atoms with Crippen molar-refractivity contribution in [1.29, 1.82) is 0 Å². The highest BCUT2D eigenvalue weighted by Crippen LogP contribution is 2.33. The van der Waals surface area contributed by atoms with E-state index in [1.54, 1.807) is 34.0 Å². The van der Waals surface area contributed by atoms with Crippen LogP contribution in [0.2, 0.25) is 0 Å². The highest BCUT2D eigenvalue weighted by atomic mass is 32.1. The van der Waals surface area contributed by atoms with Crippen LogP contribution in [0.4, 0.5) is 0 Å². The third-order valence-corrected chi connectivity index (χ3v) is 7.08. The van der Waals surface area contributed by atoms with Gasteiger partial charge in [-0.25, -0.2) is 4.98 Å². The number of quaternary nitrogens is 1. The first-order valence-corrected chi connectivity index (χ1v) is 10.7. The summed E-state index contributed by atoms with van der Waals surface area (Å²) >= 11 is 4.95. The zero-order chi connectivity index (χ0) is 17.4. The summed E-state index contributed by atoms with van der Waals surface area (Å²) in [5, 5.41) is 6.87. The quantitative estimate of drug-likeness (QED) is 0.549. The molecule has 2 atom stereocenters. The maximum absolute atomic E-state index is 12.7. The van der Waals surface area contributed by atoms with Crippen molar-refractivity contribution in [1.82, 2.24) is 9.97 Å². The molecule has 25 heavy (non-hydrogen) atoms. The van der Waals surface area contributed by atoms with Gasteiger partial charge in [-0.2, -0.15) is 0 Å². The summed E-state index contributed by atoms with van der Waals surface area (Å²) in [7, 11) is 2.14. The minimum Gasteiger partial charge on any atom is -0.324 e. The minimum absolute atomic E-state index is 0.0413. The van der Waals surface area contributed by atoms with E-state index in [-0.39, 0.29) is 11.6 Å². The SMILES string of the molecule is C[C@H](c1nc2scc(-c3cccs3)c2c(=O)[nH]1)[NH+](C)Cc1cccs1. The van der Waals surface area contributed by atoms with Crippen LogP contribution in [0.15, 0.2) is 45.2 Å². The monoisotopic (exact) mass is 388 g/mol. The second-order valence-corrected chi connectivity index (χ2v) is 8.92. The number of rotatable bonds is 5. The molecule has 2 N–H and O–H groups in total. The zero-order valence-electron chi connectivity index (χ0n) is 13.9. The number of fused-ring (bicyclic) bond motifs is 1. The maximum Gasteiger partial charge on any atom is 0.260 e. The average molecular weight is 389 g/mol. The molecule has 0 aliphatic rings. The Labute approximate surface area is 157 Å². The van der Waals surface area contributed by atoms with Gasteiger partial charge in [-0.05, 0) is 29.8 Å². The van der Waals surface area contributed by atoms with Gasteiger partial charge in [0.2, 0.25) is 0 Å². The summed E-state index contributed by atoms with van der Waals surface area (Å²) in [6, 6.07) is 8.38. The lowest BCUT2D eigenvalue weighted by Gasteiger charge is -2.20. The fourth-order valence-corrected chi connectivity index (χ4v) is 5.43. The Morgan fingerprint density at radius 1 is 1.20 bits per heavy atom. The lowest BCUT2D eigenvalue weighted by molar-refractivity contribution is -0.924. The van der Waals surface area contributed by atoms with Gasteiger partial charge in [0.1, 0.15) is 17.4 Å². The van der Waals surface area contributed by atoms with E-state index >= 15 is 0 Å². The van der Waals surface area contributed by atoms with Crippen molar-refractivity contribution in [2.75, 3.05) is 7.05 Å². The number of nitrogens with one attached hydrogen (secondary N) is 2. The van der Waals surface area contributed by atoms with Crippen molar-refractivity contribution < 1.29 is 4.90 Å². The minimum atomic E-state index is -0.0413. The third kappa shape index (κ3) is 3.20. The molecule has 0 saturated carbocycles. The van der Waals surface area contributed by atoms with E-state index in [2.05, 4.69) is 36.5 Å². The van der Waals surface area contributed by atoms with Crippen molar-refractivity contribution in [2.45, 2.75) is 19.5 Å². The van der Waals surface area contributed by atoms with Crippen LogP contribution in [-0.4, -0.2) is 17.0 Å². The molecule has 0 bridgehead atoms. The molecule has 0 radical (unpaired) electrons. The number of aromatic nitrogens is 2. The van der Waals surface area contributed by atoms with Gasteiger partial charge < -0.3 is 9.88 Å². The van der Waals surface area contributed by atoms with Crippen molar-refractivity contribution in [2.24, 2.45) is 0 Å². The summed E-state index contributed by atoms with van der Waals surface area (Å²) in [6.45, 7) is 3.03. The van der Waals surface area contributed by atoms with Gasteiger partial charge in [0, 0.05) is 15.8 Å². The first-order valence-electron chi connectivity index (χ1n) is 8.03. The predicted molar refractivity (Wildman–Crippen MR) is 107 cm³/mol. The van der Waals surface area contributed by atoms with Crippen LogP contribution in [-0.2, 0) is 6.54 Å². The second kappa shape index (κ2) is 6.84. The lowest BCUT2D eigenvalue weighted by atomic mass is 10.2. The number of H-pyrrole nitrogens is 1. The fourth-order valence-electron chi connectivity index (χ4n) is 2.86. The molecule has 0 fully saturated rings. The molecule has 4 nitrogen and oxygen atoms in total. The molecule has 4 rings (SSSR count). The van der Waals surface area contributed by atoms with Crippen molar-refractivity contribution in [3.8, 4) is 10.4 Å². The Hall–Kier alpha value is -1.80. The Morgan fingerprint density at radius 2 is 2.00 bits per heavy atom. The highest BCUT2D eigenvalue weighted by Gasteiger charge is 2.21. The van der Waals surface area contributed by atoms with Crippen LogP contribution < -0.4 is 10.5 Å². The van der Waals surface area contributed by atoms with Gasteiger partial charge >= 0.3 is 0 Å². The number of hydrogen-bond acceptors (Lipinski definition) is 5. The van der Waals surface area contributed by atoms with Gasteiger partial charge in [0.25, 0.3) is 5.56 Å². The molecule has 0 aromatic carbocycles. The van der Waals surface area contributed by atoms with Crippen LogP contribution in [0, 0.1) is 0 Å². The van der Waals surface area contributed by atoms with Crippen molar-refractivity contribution in [3.05, 3.63) is 61.5 Å². The molecule has 1 unspecified atom stereocenters. The summed E-state index contributed by atoms with van der Waals surface area (Å²) in [4.78, 5) is 25.1. The topological polar surface area (TPSA) is 50.2 Å². The van der Waals surface area contributed by atoms with E-state index in [1.165, 1.54) is 9.78 Å². The van der Waals surface area contributed by atoms with Gasteiger partial charge in [0.05, 0.1) is 17.3 Å². The fraction of sp³-hybridized carbons (Fsp3) is 0.222. The molecular weight excluding hydrogens is 370 g/mol. The Kier molecular flexibility index (Phi) is 4.56. The molecule has 4 aromatic rings. The van der Waals surface area contributed by atoms with Gasteiger partial charge in [0.15, 0.2) is 5.82 Å². The molecular formula is C18H18N3OS3+. The van der Waals surface area contributed by atoms with E-state index in [4.69, 9.17) is 4.98 Å². The molecule has 0 aliphatic carbocycles. The predicted octanol–water partition coefficient (Wildman–Crippen LogP) is 3.55. The molecule has 128 valence electrons. The number of hydrogen-bond donors (Lipinski definition) is 2. The number of thiophene rings is 3. The largest absolute Gasteiger partial charge is 0.324 e. The smallest absolute Gasteiger partial charge is 0.260 e. The summed E-state index contributed by atoms with van der Waals surface area (Å²) < 4.78 is 0. The first kappa shape index (κ1) is 16.7. The number of aromatic amines is 1. The van der Waals surface area contributed by atoms with Crippen LogP contribution in [0.5, 0.6) is 0 Å². The molecule has 0 spiro atoms.